The number of benzene rings is 1. The van der Waals surface area contributed by atoms with Crippen LogP contribution in [-0.4, -0.2) is 42.9 Å². The maximum Gasteiger partial charge on any atom is 0.0595 e. The van der Waals surface area contributed by atoms with Crippen LogP contribution in [0.1, 0.15) is 30.4 Å². The summed E-state index contributed by atoms with van der Waals surface area (Å²) >= 11 is 0. The Morgan fingerprint density at radius 3 is 2.75 bits per heavy atom. The van der Waals surface area contributed by atoms with Gasteiger partial charge in [0, 0.05) is 38.7 Å². The number of piperidine rings is 1. The lowest BCUT2D eigenvalue weighted by molar-refractivity contribution is 0.0388. The molecule has 0 saturated carbocycles. The van der Waals surface area contributed by atoms with Gasteiger partial charge in [-0.1, -0.05) is 30.0 Å². The normalized spacial score (nSPS) is 16.7. The van der Waals surface area contributed by atoms with E-state index in [1.165, 1.54) is 5.56 Å². The molecule has 3 heteroatoms. The van der Waals surface area contributed by atoms with E-state index in [-0.39, 0.29) is 6.61 Å². The average molecular weight is 273 g/mol. The van der Waals surface area contributed by atoms with Crippen LogP contribution in [0.2, 0.25) is 0 Å². The maximum atomic E-state index is 8.80. The molecule has 1 aliphatic rings. The zero-order chi connectivity index (χ0) is 14.2. The van der Waals surface area contributed by atoms with Crippen LogP contribution in [0.5, 0.6) is 0 Å². The molecule has 3 nitrogen and oxygen atoms in total. The molecule has 0 amide bonds. The Balaban J connectivity index is 1.98. The molecule has 0 aliphatic carbocycles. The molecule has 0 unspecified atom stereocenters. The predicted molar refractivity (Wildman–Crippen MR) is 80.3 cm³/mol. The molecular weight excluding hydrogens is 250 g/mol. The monoisotopic (exact) mass is 273 g/mol. The van der Waals surface area contributed by atoms with E-state index in [2.05, 4.69) is 34.9 Å². The minimum Gasteiger partial charge on any atom is -0.395 e. The van der Waals surface area contributed by atoms with Crippen LogP contribution in [0.25, 0.3) is 0 Å². The van der Waals surface area contributed by atoms with Gasteiger partial charge in [0.25, 0.3) is 0 Å². The fraction of sp³-hybridized carbons (Fsp3) is 0.529. The van der Waals surface area contributed by atoms with E-state index < -0.39 is 0 Å². The highest BCUT2D eigenvalue weighted by molar-refractivity contribution is 5.41. The fourth-order valence-electron chi connectivity index (χ4n) is 2.54. The summed E-state index contributed by atoms with van der Waals surface area (Å²) in [6.45, 7) is 3.23. The molecule has 0 spiro atoms. The zero-order valence-electron chi connectivity index (χ0n) is 12.1. The summed E-state index contributed by atoms with van der Waals surface area (Å²) in [4.78, 5) is 2.46. The molecule has 1 aromatic carbocycles. The minimum absolute atomic E-state index is 0.125. The Morgan fingerprint density at radius 2 is 2.05 bits per heavy atom. The topological polar surface area (TPSA) is 32.7 Å². The van der Waals surface area contributed by atoms with Crippen molar-refractivity contribution >= 4 is 0 Å². The minimum atomic E-state index is 0.125. The molecular formula is C17H23NO2. The van der Waals surface area contributed by atoms with E-state index in [9.17, 15) is 0 Å². The van der Waals surface area contributed by atoms with Crippen molar-refractivity contribution in [2.45, 2.75) is 31.9 Å². The summed E-state index contributed by atoms with van der Waals surface area (Å²) in [5.74, 6) is 6.17. The lowest BCUT2D eigenvalue weighted by Gasteiger charge is -2.31. The summed E-state index contributed by atoms with van der Waals surface area (Å²) in [6.07, 6.45) is 3.17. The number of aliphatic hydroxyl groups is 1. The van der Waals surface area contributed by atoms with Crippen LogP contribution in [0.15, 0.2) is 24.3 Å². The van der Waals surface area contributed by atoms with Crippen molar-refractivity contribution < 1.29 is 9.84 Å². The Bertz CT molecular complexity index is 467. The second-order valence-electron chi connectivity index (χ2n) is 5.14. The largest absolute Gasteiger partial charge is 0.395 e. The molecule has 0 atom stereocenters. The molecule has 1 heterocycles. The van der Waals surface area contributed by atoms with Gasteiger partial charge in [-0.25, -0.2) is 0 Å². The first-order valence-electron chi connectivity index (χ1n) is 7.26. The summed E-state index contributed by atoms with van der Waals surface area (Å²) in [7, 11) is 1.80. The van der Waals surface area contributed by atoms with E-state index >= 15 is 0 Å². The summed E-state index contributed by atoms with van der Waals surface area (Å²) in [6, 6.07) is 8.28. The lowest BCUT2D eigenvalue weighted by atomic mass is 10.0. The molecule has 1 aliphatic heterocycles. The highest BCUT2D eigenvalue weighted by Gasteiger charge is 2.18. The van der Waals surface area contributed by atoms with Crippen molar-refractivity contribution in [3.63, 3.8) is 0 Å². The standard InChI is InChI=1S/C17H23NO2/c1-20-17-9-11-18(12-10-17)14-16-8-3-2-6-15(16)7-4-5-13-19/h2-3,6,8,17,19H,5,9-14H2,1H3. The molecule has 0 aromatic heterocycles. The third-order valence-corrected chi connectivity index (χ3v) is 3.74. The number of methoxy groups -OCH3 is 1. The number of hydrogen-bond donors (Lipinski definition) is 1. The third kappa shape index (κ3) is 4.35. The number of aliphatic hydroxyl groups excluding tert-OH is 1. The Hall–Kier alpha value is -1.34. The van der Waals surface area contributed by atoms with Crippen molar-refractivity contribution in [2.75, 3.05) is 26.8 Å². The third-order valence-electron chi connectivity index (χ3n) is 3.74. The Kier molecular flexibility index (Phi) is 6.07. The number of nitrogens with zero attached hydrogens (tertiary/aromatic N) is 1. The number of hydrogen-bond acceptors (Lipinski definition) is 3. The molecule has 1 saturated heterocycles. The molecule has 20 heavy (non-hydrogen) atoms. The van der Waals surface area contributed by atoms with Crippen molar-refractivity contribution in [3.05, 3.63) is 35.4 Å². The van der Waals surface area contributed by atoms with E-state index in [1.807, 2.05) is 6.07 Å². The van der Waals surface area contributed by atoms with Crippen LogP contribution in [-0.2, 0) is 11.3 Å². The predicted octanol–water partition coefficient (Wildman–Crippen LogP) is 2.03. The van der Waals surface area contributed by atoms with E-state index in [1.54, 1.807) is 7.11 Å². The van der Waals surface area contributed by atoms with Crippen molar-refractivity contribution in [1.29, 1.82) is 0 Å². The van der Waals surface area contributed by atoms with Crippen LogP contribution in [0.3, 0.4) is 0 Å². The number of likely N-dealkylation sites (tertiary alicyclic amines) is 1. The quantitative estimate of drug-likeness (QED) is 0.852. The SMILES string of the molecule is COC1CCN(Cc2ccccc2C#CCCO)CC1. The molecule has 1 fully saturated rings. The molecule has 0 bridgehead atoms. The van der Waals surface area contributed by atoms with E-state index in [0.29, 0.717) is 12.5 Å². The molecule has 2 rings (SSSR count). The molecule has 1 aromatic rings. The van der Waals surface area contributed by atoms with Gasteiger partial charge in [0.05, 0.1) is 12.7 Å². The van der Waals surface area contributed by atoms with Crippen molar-refractivity contribution in [1.82, 2.24) is 4.90 Å². The summed E-state index contributed by atoms with van der Waals surface area (Å²) < 4.78 is 5.41. The van der Waals surface area contributed by atoms with Gasteiger partial charge in [-0.2, -0.15) is 0 Å². The van der Waals surface area contributed by atoms with E-state index in [4.69, 9.17) is 9.84 Å². The Labute approximate surface area is 121 Å². The first kappa shape index (κ1) is 15.1. The van der Waals surface area contributed by atoms with Gasteiger partial charge in [-0.15, -0.1) is 0 Å². The first-order chi connectivity index (χ1) is 9.83. The van der Waals surface area contributed by atoms with Crippen LogP contribution < -0.4 is 0 Å². The second kappa shape index (κ2) is 8.06. The molecule has 108 valence electrons. The number of rotatable bonds is 4. The maximum absolute atomic E-state index is 8.80. The zero-order valence-corrected chi connectivity index (χ0v) is 12.1. The highest BCUT2D eigenvalue weighted by Crippen LogP contribution is 2.17. The smallest absolute Gasteiger partial charge is 0.0595 e. The van der Waals surface area contributed by atoms with Gasteiger partial charge in [0.1, 0.15) is 0 Å². The Morgan fingerprint density at radius 1 is 1.30 bits per heavy atom. The second-order valence-corrected chi connectivity index (χ2v) is 5.14. The molecule has 0 radical (unpaired) electrons. The van der Waals surface area contributed by atoms with Gasteiger partial charge in [-0.05, 0) is 24.5 Å². The van der Waals surface area contributed by atoms with Crippen LogP contribution in [0.4, 0.5) is 0 Å². The fourth-order valence-corrected chi connectivity index (χ4v) is 2.54. The summed E-state index contributed by atoms with van der Waals surface area (Å²) in [5, 5.41) is 8.80. The van der Waals surface area contributed by atoms with Crippen molar-refractivity contribution in [3.8, 4) is 11.8 Å². The van der Waals surface area contributed by atoms with Gasteiger partial charge in [-0.3, -0.25) is 4.90 Å². The van der Waals surface area contributed by atoms with Gasteiger partial charge >= 0.3 is 0 Å². The van der Waals surface area contributed by atoms with Crippen LogP contribution >= 0.6 is 0 Å². The molecule has 1 N–H and O–H groups in total. The lowest BCUT2D eigenvalue weighted by Crippen LogP contribution is -2.36. The van der Waals surface area contributed by atoms with Crippen LogP contribution in [0, 0.1) is 11.8 Å². The summed E-state index contributed by atoms with van der Waals surface area (Å²) in [5.41, 5.74) is 2.35. The number of ether oxygens (including phenoxy) is 1. The van der Waals surface area contributed by atoms with Gasteiger partial charge < -0.3 is 9.84 Å². The van der Waals surface area contributed by atoms with Crippen molar-refractivity contribution in [2.24, 2.45) is 0 Å². The first-order valence-corrected chi connectivity index (χ1v) is 7.26. The van der Waals surface area contributed by atoms with Gasteiger partial charge in [0.2, 0.25) is 0 Å². The van der Waals surface area contributed by atoms with Gasteiger partial charge in [0.15, 0.2) is 0 Å². The van der Waals surface area contributed by atoms with E-state index in [0.717, 1.165) is 38.0 Å². The highest BCUT2D eigenvalue weighted by atomic mass is 16.5. The average Bonchev–Trinajstić information content (AvgIpc) is 2.50.